The van der Waals surface area contributed by atoms with E-state index in [4.69, 9.17) is 0 Å². The van der Waals surface area contributed by atoms with Crippen molar-refractivity contribution in [3.8, 4) is 0 Å². The van der Waals surface area contributed by atoms with E-state index in [1.54, 1.807) is 5.38 Å². The Bertz CT molecular complexity index is 493. The minimum absolute atomic E-state index is 0.0653. The lowest BCUT2D eigenvalue weighted by Crippen LogP contribution is -2.12. The fourth-order valence-electron chi connectivity index (χ4n) is 1.15. The maximum atomic E-state index is 12.8. The SMILES string of the molecule is O=C(Nc1cc(F)cc(F)c1)c1cscn1. The molecule has 16 heavy (non-hydrogen) atoms. The molecule has 6 heteroatoms. The van der Waals surface area contributed by atoms with Gasteiger partial charge in [-0.25, -0.2) is 13.8 Å². The first-order chi connectivity index (χ1) is 7.65. The van der Waals surface area contributed by atoms with Crippen molar-refractivity contribution in [2.24, 2.45) is 0 Å². The van der Waals surface area contributed by atoms with Gasteiger partial charge in [0.2, 0.25) is 0 Å². The number of aromatic nitrogens is 1. The molecule has 1 N–H and O–H groups in total. The average Bonchev–Trinajstić information content (AvgIpc) is 2.68. The Labute approximate surface area is 93.8 Å². The monoisotopic (exact) mass is 240 g/mol. The highest BCUT2D eigenvalue weighted by molar-refractivity contribution is 7.07. The second-order valence-corrected chi connectivity index (χ2v) is 3.70. The largest absolute Gasteiger partial charge is 0.320 e. The molecule has 82 valence electrons. The van der Waals surface area contributed by atoms with Gasteiger partial charge in [-0.2, -0.15) is 0 Å². The minimum Gasteiger partial charge on any atom is -0.320 e. The van der Waals surface area contributed by atoms with Gasteiger partial charge in [-0.05, 0) is 12.1 Å². The fraction of sp³-hybridized carbons (Fsp3) is 0. The topological polar surface area (TPSA) is 42.0 Å². The van der Waals surface area contributed by atoms with Crippen LogP contribution in [0.4, 0.5) is 14.5 Å². The first-order valence-corrected chi connectivity index (χ1v) is 5.25. The highest BCUT2D eigenvalue weighted by atomic mass is 32.1. The van der Waals surface area contributed by atoms with E-state index in [-0.39, 0.29) is 11.4 Å². The van der Waals surface area contributed by atoms with Crippen LogP contribution in [0.25, 0.3) is 0 Å². The van der Waals surface area contributed by atoms with E-state index in [1.165, 1.54) is 16.8 Å². The number of nitrogens with zero attached hydrogens (tertiary/aromatic N) is 1. The molecule has 3 nitrogen and oxygen atoms in total. The molecular formula is C10H6F2N2OS. The minimum atomic E-state index is -0.742. The van der Waals surface area contributed by atoms with Crippen molar-refractivity contribution >= 4 is 22.9 Å². The van der Waals surface area contributed by atoms with Crippen LogP contribution in [-0.4, -0.2) is 10.9 Å². The molecule has 1 aromatic carbocycles. The maximum Gasteiger partial charge on any atom is 0.275 e. The Morgan fingerprint density at radius 1 is 1.25 bits per heavy atom. The number of anilines is 1. The van der Waals surface area contributed by atoms with Crippen LogP contribution in [0.5, 0.6) is 0 Å². The van der Waals surface area contributed by atoms with Gasteiger partial charge < -0.3 is 5.32 Å². The molecule has 0 saturated carbocycles. The number of halogens is 2. The van der Waals surface area contributed by atoms with Gasteiger partial charge in [0, 0.05) is 17.1 Å². The number of amides is 1. The molecule has 0 fully saturated rings. The van der Waals surface area contributed by atoms with Crippen molar-refractivity contribution in [2.45, 2.75) is 0 Å². The Kier molecular flexibility index (Phi) is 2.91. The van der Waals surface area contributed by atoms with Gasteiger partial charge in [-0.15, -0.1) is 11.3 Å². The van der Waals surface area contributed by atoms with Crippen LogP contribution >= 0.6 is 11.3 Å². The molecular weight excluding hydrogens is 234 g/mol. The number of thiazole rings is 1. The highest BCUT2D eigenvalue weighted by Crippen LogP contribution is 2.14. The van der Waals surface area contributed by atoms with Crippen molar-refractivity contribution < 1.29 is 13.6 Å². The summed E-state index contributed by atoms with van der Waals surface area (Å²) >= 11 is 1.26. The Hall–Kier alpha value is -1.82. The first-order valence-electron chi connectivity index (χ1n) is 4.31. The summed E-state index contributed by atoms with van der Waals surface area (Å²) in [5, 5.41) is 3.90. The average molecular weight is 240 g/mol. The van der Waals surface area contributed by atoms with Crippen molar-refractivity contribution in [1.29, 1.82) is 0 Å². The molecule has 0 aliphatic carbocycles. The smallest absolute Gasteiger partial charge is 0.275 e. The zero-order valence-corrected chi connectivity index (χ0v) is 8.72. The van der Waals surface area contributed by atoms with Crippen LogP contribution in [-0.2, 0) is 0 Å². The van der Waals surface area contributed by atoms with Gasteiger partial charge >= 0.3 is 0 Å². The quantitative estimate of drug-likeness (QED) is 0.876. The third-order valence-corrected chi connectivity index (χ3v) is 2.37. The lowest BCUT2D eigenvalue weighted by atomic mass is 10.3. The van der Waals surface area contributed by atoms with Crippen LogP contribution in [0.1, 0.15) is 10.5 Å². The summed E-state index contributed by atoms with van der Waals surface area (Å²) in [5.41, 5.74) is 1.78. The Balaban J connectivity index is 2.18. The number of nitrogens with one attached hydrogen (secondary N) is 1. The van der Waals surface area contributed by atoms with Gasteiger partial charge in [0.1, 0.15) is 17.3 Å². The summed E-state index contributed by atoms with van der Waals surface area (Å²) in [4.78, 5) is 15.3. The standard InChI is InChI=1S/C10H6F2N2OS/c11-6-1-7(12)3-8(2-6)14-10(15)9-4-16-5-13-9/h1-5H,(H,14,15). The van der Waals surface area contributed by atoms with Gasteiger partial charge in [-0.1, -0.05) is 0 Å². The van der Waals surface area contributed by atoms with E-state index in [0.717, 1.165) is 18.2 Å². The van der Waals surface area contributed by atoms with Crippen LogP contribution in [0.2, 0.25) is 0 Å². The summed E-state index contributed by atoms with van der Waals surface area (Å²) in [6.07, 6.45) is 0. The number of hydrogen-bond acceptors (Lipinski definition) is 3. The summed E-state index contributed by atoms with van der Waals surface area (Å²) in [6, 6.07) is 2.80. The van der Waals surface area contributed by atoms with E-state index in [0.29, 0.717) is 0 Å². The van der Waals surface area contributed by atoms with E-state index in [2.05, 4.69) is 10.3 Å². The first kappa shape index (κ1) is 10.7. The van der Waals surface area contributed by atoms with E-state index < -0.39 is 17.5 Å². The van der Waals surface area contributed by atoms with E-state index in [9.17, 15) is 13.6 Å². The molecule has 0 atom stereocenters. The number of carbonyl (C=O) groups excluding carboxylic acids is 1. The number of hydrogen-bond donors (Lipinski definition) is 1. The molecule has 1 aromatic heterocycles. The summed E-state index contributed by atoms with van der Waals surface area (Å²) in [5.74, 6) is -1.98. The second-order valence-electron chi connectivity index (χ2n) is 2.99. The summed E-state index contributed by atoms with van der Waals surface area (Å²) < 4.78 is 25.6. The molecule has 2 rings (SSSR count). The van der Waals surface area contributed by atoms with Crippen molar-refractivity contribution in [3.63, 3.8) is 0 Å². The van der Waals surface area contributed by atoms with Crippen LogP contribution in [0.15, 0.2) is 29.1 Å². The normalized spacial score (nSPS) is 10.1. The van der Waals surface area contributed by atoms with Crippen molar-refractivity contribution in [2.75, 3.05) is 5.32 Å². The van der Waals surface area contributed by atoms with Crippen LogP contribution in [0, 0.1) is 11.6 Å². The number of carbonyl (C=O) groups is 1. The van der Waals surface area contributed by atoms with Gasteiger partial charge in [-0.3, -0.25) is 4.79 Å². The Morgan fingerprint density at radius 2 is 1.94 bits per heavy atom. The van der Waals surface area contributed by atoms with Crippen LogP contribution < -0.4 is 5.32 Å². The second kappa shape index (κ2) is 4.36. The van der Waals surface area contributed by atoms with Gasteiger partial charge in [0.05, 0.1) is 5.51 Å². The Morgan fingerprint density at radius 3 is 2.50 bits per heavy atom. The third kappa shape index (κ3) is 2.40. The predicted molar refractivity (Wildman–Crippen MR) is 56.4 cm³/mol. The van der Waals surface area contributed by atoms with Crippen LogP contribution in [0.3, 0.4) is 0 Å². The molecule has 2 aromatic rings. The molecule has 0 aliphatic rings. The zero-order chi connectivity index (χ0) is 11.5. The summed E-state index contributed by atoms with van der Waals surface area (Å²) in [7, 11) is 0. The lowest BCUT2D eigenvalue weighted by molar-refractivity contribution is 0.102. The molecule has 1 heterocycles. The number of rotatable bonds is 2. The lowest BCUT2D eigenvalue weighted by Gasteiger charge is -2.03. The molecule has 0 unspecified atom stereocenters. The molecule has 0 spiro atoms. The fourth-order valence-corrected chi connectivity index (χ4v) is 1.68. The van der Waals surface area contributed by atoms with E-state index in [1.807, 2.05) is 0 Å². The number of benzene rings is 1. The third-order valence-electron chi connectivity index (χ3n) is 1.79. The summed E-state index contributed by atoms with van der Waals surface area (Å²) in [6.45, 7) is 0. The molecule has 0 bridgehead atoms. The molecule has 0 aliphatic heterocycles. The zero-order valence-electron chi connectivity index (χ0n) is 7.91. The van der Waals surface area contributed by atoms with E-state index >= 15 is 0 Å². The maximum absolute atomic E-state index is 12.8. The van der Waals surface area contributed by atoms with Gasteiger partial charge in [0.15, 0.2) is 0 Å². The highest BCUT2D eigenvalue weighted by Gasteiger charge is 2.09. The molecule has 1 amide bonds. The van der Waals surface area contributed by atoms with Gasteiger partial charge in [0.25, 0.3) is 5.91 Å². The molecule has 0 radical (unpaired) electrons. The predicted octanol–water partition coefficient (Wildman–Crippen LogP) is 2.67. The van der Waals surface area contributed by atoms with Crippen molar-refractivity contribution in [1.82, 2.24) is 4.98 Å². The molecule has 0 saturated heterocycles. The van der Waals surface area contributed by atoms with Crippen molar-refractivity contribution in [3.05, 3.63) is 46.4 Å².